The monoisotopic (exact) mass is 225 g/mol. The number of carbonyl (C=O) groups is 1. The van der Waals surface area contributed by atoms with Crippen LogP contribution in [0.25, 0.3) is 0 Å². The second-order valence-electron chi connectivity index (χ2n) is 5.64. The van der Waals surface area contributed by atoms with Crippen LogP contribution in [0.15, 0.2) is 0 Å². The Morgan fingerprint density at radius 1 is 1.50 bits per heavy atom. The minimum absolute atomic E-state index is 0.0399. The van der Waals surface area contributed by atoms with Crippen molar-refractivity contribution in [1.82, 2.24) is 5.32 Å². The first-order chi connectivity index (χ1) is 7.60. The minimum Gasteiger partial charge on any atom is -0.465 e. The van der Waals surface area contributed by atoms with Crippen LogP contribution in [0.5, 0.6) is 0 Å². The van der Waals surface area contributed by atoms with Gasteiger partial charge in [0.1, 0.15) is 0 Å². The number of hydrogen-bond donors (Lipinski definition) is 1. The highest BCUT2D eigenvalue weighted by molar-refractivity contribution is 5.80. The van der Waals surface area contributed by atoms with E-state index in [-0.39, 0.29) is 23.1 Å². The van der Waals surface area contributed by atoms with Gasteiger partial charge in [-0.3, -0.25) is 4.79 Å². The molecule has 16 heavy (non-hydrogen) atoms. The van der Waals surface area contributed by atoms with E-state index in [1.54, 1.807) is 0 Å². The normalized spacial score (nSPS) is 46.0. The third-order valence-electron chi connectivity index (χ3n) is 4.26. The van der Waals surface area contributed by atoms with Gasteiger partial charge in [0.2, 0.25) is 0 Å². The van der Waals surface area contributed by atoms with Crippen LogP contribution in [0.2, 0.25) is 0 Å². The van der Waals surface area contributed by atoms with E-state index in [2.05, 4.69) is 12.2 Å². The summed E-state index contributed by atoms with van der Waals surface area (Å²) in [5, 5.41) is 3.25. The molecule has 1 saturated carbocycles. The summed E-state index contributed by atoms with van der Waals surface area (Å²) >= 11 is 0. The fourth-order valence-corrected chi connectivity index (χ4v) is 3.59. The summed E-state index contributed by atoms with van der Waals surface area (Å²) in [6, 6.07) is 0. The van der Waals surface area contributed by atoms with Gasteiger partial charge in [-0.25, -0.2) is 0 Å². The molecule has 2 bridgehead atoms. The molecule has 4 nitrogen and oxygen atoms in total. The molecular formula is C12H19NO3. The molecule has 90 valence electrons. The van der Waals surface area contributed by atoms with E-state index < -0.39 is 0 Å². The molecule has 3 saturated heterocycles. The van der Waals surface area contributed by atoms with E-state index in [0.29, 0.717) is 12.5 Å². The average molecular weight is 225 g/mol. The molecule has 0 aromatic carbocycles. The van der Waals surface area contributed by atoms with Crippen LogP contribution in [0.4, 0.5) is 0 Å². The van der Waals surface area contributed by atoms with Crippen molar-refractivity contribution < 1.29 is 14.3 Å². The van der Waals surface area contributed by atoms with Crippen LogP contribution < -0.4 is 5.32 Å². The summed E-state index contributed by atoms with van der Waals surface area (Å²) in [7, 11) is 0. The smallest absolute Gasteiger partial charge is 0.314 e. The van der Waals surface area contributed by atoms with Crippen molar-refractivity contribution in [2.45, 2.75) is 38.4 Å². The molecule has 3 heterocycles. The van der Waals surface area contributed by atoms with E-state index in [4.69, 9.17) is 9.47 Å². The molecule has 0 amide bonds. The fourth-order valence-electron chi connectivity index (χ4n) is 3.59. The topological polar surface area (TPSA) is 47.6 Å². The summed E-state index contributed by atoms with van der Waals surface area (Å²) in [6.45, 7) is 6.38. The summed E-state index contributed by atoms with van der Waals surface area (Å²) in [6.07, 6.45) is 1.78. The standard InChI is InChI=1S/C12H19NO3/c1-3-15-10(14)12-6-11(2,7-12)16-9(12)8-4-13-5-8/h8-9,13H,3-7H2,1-2H3. The van der Waals surface area contributed by atoms with Crippen LogP contribution in [-0.2, 0) is 14.3 Å². The van der Waals surface area contributed by atoms with Crippen molar-refractivity contribution in [2.75, 3.05) is 19.7 Å². The van der Waals surface area contributed by atoms with Gasteiger partial charge >= 0.3 is 5.97 Å². The van der Waals surface area contributed by atoms with Crippen LogP contribution in [0.3, 0.4) is 0 Å². The summed E-state index contributed by atoms with van der Waals surface area (Å²) in [5.41, 5.74) is -0.384. The Balaban J connectivity index is 1.80. The summed E-state index contributed by atoms with van der Waals surface area (Å²) < 4.78 is 11.3. The predicted molar refractivity (Wildman–Crippen MR) is 57.9 cm³/mol. The molecule has 1 N–H and O–H groups in total. The van der Waals surface area contributed by atoms with E-state index in [1.165, 1.54) is 0 Å². The van der Waals surface area contributed by atoms with E-state index in [0.717, 1.165) is 25.9 Å². The molecule has 1 unspecified atom stereocenters. The van der Waals surface area contributed by atoms with Crippen LogP contribution >= 0.6 is 0 Å². The maximum absolute atomic E-state index is 12.1. The Labute approximate surface area is 95.7 Å². The van der Waals surface area contributed by atoms with Crippen LogP contribution in [0.1, 0.15) is 26.7 Å². The zero-order valence-corrected chi connectivity index (χ0v) is 9.91. The molecule has 0 aromatic heterocycles. The molecular weight excluding hydrogens is 206 g/mol. The number of carbonyl (C=O) groups excluding carboxylic acids is 1. The van der Waals surface area contributed by atoms with Gasteiger partial charge < -0.3 is 14.8 Å². The number of rotatable bonds is 3. The number of ether oxygens (including phenoxy) is 2. The Bertz CT molecular complexity index is 318. The largest absolute Gasteiger partial charge is 0.465 e. The predicted octanol–water partition coefficient (Wildman–Crippen LogP) is 0.707. The SMILES string of the molecule is CCOC(=O)C12CC(C)(C1)OC2C1CNC1. The highest BCUT2D eigenvalue weighted by Gasteiger charge is 2.71. The molecule has 4 aliphatic rings. The van der Waals surface area contributed by atoms with Crippen molar-refractivity contribution in [2.24, 2.45) is 11.3 Å². The zero-order valence-electron chi connectivity index (χ0n) is 9.91. The lowest BCUT2D eigenvalue weighted by Crippen LogP contribution is -2.56. The molecule has 3 aliphatic heterocycles. The molecule has 0 radical (unpaired) electrons. The number of esters is 1. The Kier molecular flexibility index (Phi) is 2.11. The first kappa shape index (κ1) is 10.5. The van der Waals surface area contributed by atoms with Crippen molar-refractivity contribution in [3.63, 3.8) is 0 Å². The molecule has 1 aliphatic carbocycles. The van der Waals surface area contributed by atoms with Crippen LogP contribution in [-0.4, -0.2) is 37.4 Å². The van der Waals surface area contributed by atoms with Gasteiger partial charge in [-0.15, -0.1) is 0 Å². The first-order valence-corrected chi connectivity index (χ1v) is 6.15. The van der Waals surface area contributed by atoms with Gasteiger partial charge in [0.15, 0.2) is 0 Å². The average Bonchev–Trinajstić information content (AvgIpc) is 2.51. The number of nitrogens with one attached hydrogen (secondary N) is 1. The Hall–Kier alpha value is -0.610. The molecule has 0 aromatic rings. The van der Waals surface area contributed by atoms with Crippen molar-refractivity contribution in [3.05, 3.63) is 0 Å². The maximum Gasteiger partial charge on any atom is 0.314 e. The molecule has 1 atom stereocenters. The third kappa shape index (κ3) is 1.20. The Morgan fingerprint density at radius 2 is 2.19 bits per heavy atom. The lowest BCUT2D eigenvalue weighted by atomic mass is 9.58. The van der Waals surface area contributed by atoms with Gasteiger partial charge in [-0.2, -0.15) is 0 Å². The maximum atomic E-state index is 12.1. The van der Waals surface area contributed by atoms with Gasteiger partial charge in [0.25, 0.3) is 0 Å². The second-order valence-corrected chi connectivity index (χ2v) is 5.64. The van der Waals surface area contributed by atoms with Gasteiger partial charge in [0.05, 0.1) is 23.7 Å². The second kappa shape index (κ2) is 3.20. The molecule has 4 fully saturated rings. The summed E-state index contributed by atoms with van der Waals surface area (Å²) in [4.78, 5) is 12.1. The van der Waals surface area contributed by atoms with E-state index in [1.807, 2.05) is 6.92 Å². The quantitative estimate of drug-likeness (QED) is 0.718. The zero-order chi connectivity index (χ0) is 11.4. The highest BCUT2D eigenvalue weighted by Crippen LogP contribution is 2.63. The molecule has 4 rings (SSSR count). The minimum atomic E-state index is -0.322. The van der Waals surface area contributed by atoms with Gasteiger partial charge in [0, 0.05) is 19.0 Å². The van der Waals surface area contributed by atoms with Crippen molar-refractivity contribution in [3.8, 4) is 0 Å². The third-order valence-corrected chi connectivity index (χ3v) is 4.26. The number of hydrogen-bond acceptors (Lipinski definition) is 4. The van der Waals surface area contributed by atoms with Crippen molar-refractivity contribution >= 4 is 5.97 Å². The first-order valence-electron chi connectivity index (χ1n) is 6.15. The van der Waals surface area contributed by atoms with E-state index in [9.17, 15) is 4.79 Å². The van der Waals surface area contributed by atoms with E-state index >= 15 is 0 Å². The lowest BCUT2D eigenvalue weighted by Gasteiger charge is -2.43. The van der Waals surface area contributed by atoms with Gasteiger partial charge in [-0.1, -0.05) is 0 Å². The lowest BCUT2D eigenvalue weighted by molar-refractivity contribution is -0.162. The molecule has 0 spiro atoms. The Morgan fingerprint density at radius 3 is 2.69 bits per heavy atom. The van der Waals surface area contributed by atoms with Gasteiger partial charge in [-0.05, 0) is 26.7 Å². The van der Waals surface area contributed by atoms with Crippen molar-refractivity contribution in [1.29, 1.82) is 0 Å². The number of fused-ring (bicyclic) bond motifs is 1. The highest BCUT2D eigenvalue weighted by atomic mass is 16.6. The summed E-state index contributed by atoms with van der Waals surface area (Å²) in [5.74, 6) is 0.454. The fraction of sp³-hybridized carbons (Fsp3) is 0.917. The van der Waals surface area contributed by atoms with Crippen LogP contribution in [0, 0.1) is 11.3 Å². The molecule has 4 heteroatoms.